The Morgan fingerprint density at radius 3 is 2.16 bits per heavy atom. The van der Waals surface area contributed by atoms with Crippen molar-refractivity contribution in [2.24, 2.45) is 0 Å². The summed E-state index contributed by atoms with van der Waals surface area (Å²) in [5.74, 6) is 0. The number of aromatic nitrogens is 1. The van der Waals surface area contributed by atoms with Crippen LogP contribution in [0, 0.1) is 11.3 Å². The Labute approximate surface area is 112 Å². The van der Waals surface area contributed by atoms with Crippen LogP contribution in [-0.4, -0.2) is 4.98 Å². The van der Waals surface area contributed by atoms with E-state index < -0.39 is 0 Å². The van der Waals surface area contributed by atoms with Crippen LogP contribution in [0.25, 0.3) is 11.3 Å². The molecule has 0 aliphatic rings. The van der Waals surface area contributed by atoms with Crippen molar-refractivity contribution in [1.82, 2.24) is 4.98 Å². The Morgan fingerprint density at radius 1 is 1.05 bits per heavy atom. The molecule has 0 fully saturated rings. The van der Waals surface area contributed by atoms with Crippen LogP contribution < -0.4 is 5.56 Å². The van der Waals surface area contributed by atoms with Gasteiger partial charge in [0.15, 0.2) is 0 Å². The molecule has 0 bridgehead atoms. The fourth-order valence-corrected chi connectivity index (χ4v) is 1.88. The summed E-state index contributed by atoms with van der Waals surface area (Å²) >= 11 is 0. The molecule has 0 saturated heterocycles. The molecule has 2 rings (SSSR count). The third-order valence-electron chi connectivity index (χ3n) is 3.09. The van der Waals surface area contributed by atoms with Gasteiger partial charge in [0.2, 0.25) is 0 Å². The SMILES string of the molecule is CC(C)(C)c1ccc(-c2ccc(C#N)c(=O)[nH]2)cc1. The van der Waals surface area contributed by atoms with Gasteiger partial charge in [-0.15, -0.1) is 0 Å². The first-order valence-corrected chi connectivity index (χ1v) is 6.16. The number of benzene rings is 1. The van der Waals surface area contributed by atoms with Crippen LogP contribution in [0.2, 0.25) is 0 Å². The zero-order valence-corrected chi connectivity index (χ0v) is 11.3. The molecule has 1 heterocycles. The average molecular weight is 252 g/mol. The predicted molar refractivity (Wildman–Crippen MR) is 75.9 cm³/mol. The number of nitrogens with one attached hydrogen (secondary N) is 1. The highest BCUT2D eigenvalue weighted by Crippen LogP contribution is 2.24. The molecule has 1 N–H and O–H groups in total. The van der Waals surface area contributed by atoms with Crippen LogP contribution in [0.3, 0.4) is 0 Å². The summed E-state index contributed by atoms with van der Waals surface area (Å²) < 4.78 is 0. The van der Waals surface area contributed by atoms with Crippen molar-refractivity contribution < 1.29 is 0 Å². The quantitative estimate of drug-likeness (QED) is 0.847. The lowest BCUT2D eigenvalue weighted by atomic mass is 9.86. The molecule has 3 heteroatoms. The van der Waals surface area contributed by atoms with Gasteiger partial charge >= 0.3 is 0 Å². The van der Waals surface area contributed by atoms with Crippen molar-refractivity contribution in [2.45, 2.75) is 26.2 Å². The predicted octanol–water partition coefficient (Wildman–Crippen LogP) is 3.21. The van der Waals surface area contributed by atoms with E-state index in [9.17, 15) is 4.79 Å². The molecule has 0 spiro atoms. The monoisotopic (exact) mass is 252 g/mol. The lowest BCUT2D eigenvalue weighted by Crippen LogP contribution is -2.11. The maximum absolute atomic E-state index is 11.6. The minimum Gasteiger partial charge on any atom is -0.321 e. The van der Waals surface area contributed by atoms with Crippen molar-refractivity contribution >= 4 is 0 Å². The Kier molecular flexibility index (Phi) is 3.26. The van der Waals surface area contributed by atoms with Crippen molar-refractivity contribution in [3.63, 3.8) is 0 Å². The summed E-state index contributed by atoms with van der Waals surface area (Å²) in [6.07, 6.45) is 0. The third-order valence-corrected chi connectivity index (χ3v) is 3.09. The summed E-state index contributed by atoms with van der Waals surface area (Å²) in [5, 5.41) is 8.74. The van der Waals surface area contributed by atoms with E-state index in [2.05, 4.69) is 37.9 Å². The Morgan fingerprint density at radius 2 is 1.68 bits per heavy atom. The zero-order chi connectivity index (χ0) is 14.0. The summed E-state index contributed by atoms with van der Waals surface area (Å²) in [5.41, 5.74) is 2.80. The molecule has 0 unspecified atom stereocenters. The van der Waals surface area contributed by atoms with Gasteiger partial charge < -0.3 is 4.98 Å². The Bertz CT molecular complexity index is 682. The summed E-state index contributed by atoms with van der Waals surface area (Å²) in [4.78, 5) is 14.3. The standard InChI is InChI=1S/C16H16N2O/c1-16(2,3)13-7-4-11(5-8-13)14-9-6-12(10-17)15(19)18-14/h4-9H,1-3H3,(H,18,19). The third kappa shape index (κ3) is 2.74. The highest BCUT2D eigenvalue weighted by atomic mass is 16.1. The largest absolute Gasteiger partial charge is 0.321 e. The van der Waals surface area contributed by atoms with Crippen LogP contribution in [-0.2, 0) is 5.41 Å². The van der Waals surface area contributed by atoms with E-state index in [1.54, 1.807) is 12.1 Å². The average Bonchev–Trinajstić information content (AvgIpc) is 2.38. The normalized spacial score (nSPS) is 11.1. The van der Waals surface area contributed by atoms with Crippen LogP contribution >= 0.6 is 0 Å². The summed E-state index contributed by atoms with van der Waals surface area (Å²) in [6.45, 7) is 6.47. The van der Waals surface area contributed by atoms with E-state index in [0.29, 0.717) is 0 Å². The van der Waals surface area contributed by atoms with Crippen LogP contribution in [0.15, 0.2) is 41.2 Å². The van der Waals surface area contributed by atoms with Gasteiger partial charge in [-0.25, -0.2) is 0 Å². The van der Waals surface area contributed by atoms with Gasteiger partial charge in [0.1, 0.15) is 11.6 Å². The molecule has 1 aromatic heterocycles. The smallest absolute Gasteiger partial charge is 0.266 e. The molecule has 0 radical (unpaired) electrons. The Balaban J connectivity index is 2.41. The van der Waals surface area contributed by atoms with E-state index in [4.69, 9.17) is 5.26 Å². The lowest BCUT2D eigenvalue weighted by molar-refractivity contribution is 0.590. The molecular weight excluding hydrogens is 236 g/mol. The van der Waals surface area contributed by atoms with Crippen molar-refractivity contribution in [2.75, 3.05) is 0 Å². The van der Waals surface area contributed by atoms with Gasteiger partial charge in [-0.05, 0) is 28.7 Å². The van der Waals surface area contributed by atoms with Gasteiger partial charge in [0, 0.05) is 5.69 Å². The molecular formula is C16H16N2O. The molecule has 0 aliphatic heterocycles. The number of nitriles is 1. The highest BCUT2D eigenvalue weighted by molar-refractivity contribution is 5.60. The number of H-pyrrole nitrogens is 1. The minimum absolute atomic E-state index is 0.108. The minimum atomic E-state index is -0.347. The first-order chi connectivity index (χ1) is 8.91. The second-order valence-electron chi connectivity index (χ2n) is 5.55. The zero-order valence-electron chi connectivity index (χ0n) is 11.3. The number of hydrogen-bond donors (Lipinski definition) is 1. The van der Waals surface area contributed by atoms with Crippen LogP contribution in [0.5, 0.6) is 0 Å². The van der Waals surface area contributed by atoms with E-state index in [1.807, 2.05) is 18.2 Å². The van der Waals surface area contributed by atoms with Crippen molar-refractivity contribution in [1.29, 1.82) is 5.26 Å². The molecule has 0 amide bonds. The topological polar surface area (TPSA) is 56.6 Å². The maximum Gasteiger partial charge on any atom is 0.266 e. The maximum atomic E-state index is 11.6. The molecule has 0 atom stereocenters. The molecule has 0 aliphatic carbocycles. The van der Waals surface area contributed by atoms with Crippen LogP contribution in [0.1, 0.15) is 31.9 Å². The fraction of sp³-hybridized carbons (Fsp3) is 0.250. The van der Waals surface area contributed by atoms with Crippen LogP contribution in [0.4, 0.5) is 0 Å². The van der Waals surface area contributed by atoms with Crippen molar-refractivity contribution in [3.05, 3.63) is 57.9 Å². The molecule has 0 saturated carbocycles. The number of pyridine rings is 1. The summed E-state index contributed by atoms with van der Waals surface area (Å²) in [7, 11) is 0. The lowest BCUT2D eigenvalue weighted by Gasteiger charge is -2.19. The molecule has 1 aromatic carbocycles. The van der Waals surface area contributed by atoms with Gasteiger partial charge in [0.25, 0.3) is 5.56 Å². The first kappa shape index (κ1) is 13.1. The van der Waals surface area contributed by atoms with Crippen molar-refractivity contribution in [3.8, 4) is 17.3 Å². The fourth-order valence-electron chi connectivity index (χ4n) is 1.88. The van der Waals surface area contributed by atoms with E-state index in [0.717, 1.165) is 11.3 Å². The van der Waals surface area contributed by atoms with Gasteiger partial charge in [0.05, 0.1) is 0 Å². The second-order valence-corrected chi connectivity index (χ2v) is 5.55. The van der Waals surface area contributed by atoms with Gasteiger partial charge in [-0.1, -0.05) is 45.0 Å². The van der Waals surface area contributed by atoms with Gasteiger partial charge in [-0.2, -0.15) is 5.26 Å². The second kappa shape index (κ2) is 4.74. The molecule has 3 nitrogen and oxygen atoms in total. The van der Waals surface area contributed by atoms with E-state index >= 15 is 0 Å². The first-order valence-electron chi connectivity index (χ1n) is 6.16. The molecule has 19 heavy (non-hydrogen) atoms. The molecule has 2 aromatic rings. The molecule has 96 valence electrons. The Hall–Kier alpha value is -2.34. The number of nitrogens with zero attached hydrogens (tertiary/aromatic N) is 1. The van der Waals surface area contributed by atoms with E-state index in [1.165, 1.54) is 5.56 Å². The number of rotatable bonds is 1. The highest BCUT2D eigenvalue weighted by Gasteiger charge is 2.13. The summed E-state index contributed by atoms with van der Waals surface area (Å²) in [6, 6.07) is 13.3. The number of hydrogen-bond acceptors (Lipinski definition) is 2. The van der Waals surface area contributed by atoms with E-state index in [-0.39, 0.29) is 16.5 Å². The number of aromatic amines is 1. The van der Waals surface area contributed by atoms with Gasteiger partial charge in [-0.3, -0.25) is 4.79 Å².